The second kappa shape index (κ2) is 15.5. The molecule has 1 aliphatic heterocycles. The molecular weight excluding hydrogens is 536 g/mol. The van der Waals surface area contributed by atoms with Crippen LogP contribution in [0, 0.1) is 29.6 Å². The number of allylic oxidation sites excluding steroid dienone is 4. The molecule has 0 saturated carbocycles. The lowest BCUT2D eigenvalue weighted by Crippen LogP contribution is -2.40. The van der Waals surface area contributed by atoms with E-state index in [0.717, 1.165) is 6.08 Å². The molecule has 2 bridgehead atoms. The highest BCUT2D eigenvalue weighted by Gasteiger charge is 2.36. The quantitative estimate of drug-likeness (QED) is 0.194. The molecule has 41 heavy (non-hydrogen) atoms. The predicted octanol–water partition coefficient (Wildman–Crippen LogP) is 0.243. The first kappa shape index (κ1) is 33.8. The Morgan fingerprint density at radius 1 is 1.15 bits per heavy atom. The molecule has 7 N–H and O–H groups in total. The average Bonchev–Trinajstić information content (AvgIpc) is 2.93. The number of nitrogens with two attached hydrogens (primary N) is 1. The lowest BCUT2D eigenvalue weighted by atomic mass is 9.78. The van der Waals surface area contributed by atoms with Crippen LogP contribution < -0.4 is 11.1 Å². The number of rotatable bonds is 5. The summed E-state index contributed by atoms with van der Waals surface area (Å²) in [4.78, 5) is 62.6. The number of primary amides is 1. The summed E-state index contributed by atoms with van der Waals surface area (Å²) in [6.07, 6.45) is 2.53. The minimum Gasteiger partial charge on any atom is -0.445 e. The van der Waals surface area contributed by atoms with Crippen molar-refractivity contribution in [1.82, 2.24) is 5.32 Å². The molecule has 1 unspecified atom stereocenters. The SMILES string of the molecule is C/C1=C\C=C/[C@H](CO)[C@@H](OC(N)=O)C(C=O)C[C@H](C)[C@@H](O)[C@@H](CO)C[C@H](C)CC2=C(CO)C(=O)C=C(NC1=O)C2=O. The van der Waals surface area contributed by atoms with Gasteiger partial charge in [0.05, 0.1) is 30.9 Å². The van der Waals surface area contributed by atoms with Crippen molar-refractivity contribution in [2.45, 2.75) is 52.2 Å². The van der Waals surface area contributed by atoms with Crippen LogP contribution in [0.3, 0.4) is 0 Å². The number of ether oxygens (including phenoxy) is 1. The van der Waals surface area contributed by atoms with Gasteiger partial charge in [0.2, 0.25) is 5.78 Å². The highest BCUT2D eigenvalue weighted by molar-refractivity contribution is 6.23. The van der Waals surface area contributed by atoms with Gasteiger partial charge in [0, 0.05) is 41.2 Å². The Hall–Kier alpha value is -3.45. The number of hydrogen-bond donors (Lipinski definition) is 6. The second-order valence-electron chi connectivity index (χ2n) is 10.8. The van der Waals surface area contributed by atoms with E-state index >= 15 is 0 Å². The summed E-state index contributed by atoms with van der Waals surface area (Å²) in [7, 11) is 0. The zero-order valence-corrected chi connectivity index (χ0v) is 23.5. The summed E-state index contributed by atoms with van der Waals surface area (Å²) in [6, 6.07) is 0. The molecule has 2 aliphatic rings. The molecule has 0 aromatic rings. The van der Waals surface area contributed by atoms with Crippen LogP contribution in [0.5, 0.6) is 0 Å². The number of fused-ring (bicyclic) bond motifs is 2. The van der Waals surface area contributed by atoms with Crippen LogP contribution in [0.1, 0.15) is 40.0 Å². The fourth-order valence-corrected chi connectivity index (χ4v) is 5.33. The highest BCUT2D eigenvalue weighted by Crippen LogP contribution is 2.32. The van der Waals surface area contributed by atoms with Crippen molar-refractivity contribution in [1.29, 1.82) is 0 Å². The van der Waals surface area contributed by atoms with Crippen molar-refractivity contribution in [2.75, 3.05) is 19.8 Å². The van der Waals surface area contributed by atoms with E-state index < -0.39 is 79.3 Å². The molecule has 1 heterocycles. The van der Waals surface area contributed by atoms with Gasteiger partial charge in [-0.1, -0.05) is 32.1 Å². The number of hydrogen-bond acceptors (Lipinski definition) is 10. The zero-order valence-electron chi connectivity index (χ0n) is 23.5. The molecule has 226 valence electrons. The van der Waals surface area contributed by atoms with Crippen molar-refractivity contribution >= 4 is 29.9 Å². The normalized spacial score (nSPS) is 32.9. The highest BCUT2D eigenvalue weighted by atomic mass is 16.6. The van der Waals surface area contributed by atoms with Crippen molar-refractivity contribution in [3.63, 3.8) is 0 Å². The van der Waals surface area contributed by atoms with E-state index in [2.05, 4.69) is 5.32 Å². The molecule has 0 saturated heterocycles. The number of nitrogens with one attached hydrogen (secondary N) is 1. The van der Waals surface area contributed by atoms with E-state index in [4.69, 9.17) is 10.5 Å². The molecule has 2 rings (SSSR count). The summed E-state index contributed by atoms with van der Waals surface area (Å²) >= 11 is 0. The average molecular weight is 577 g/mol. The maximum Gasteiger partial charge on any atom is 0.404 e. The number of aliphatic hydroxyl groups is 4. The second-order valence-corrected chi connectivity index (χ2v) is 10.8. The molecule has 0 aromatic carbocycles. The number of aliphatic hydroxyl groups excluding tert-OH is 4. The number of carbonyl (C=O) groups is 5. The van der Waals surface area contributed by atoms with Gasteiger partial charge in [-0.25, -0.2) is 4.79 Å². The van der Waals surface area contributed by atoms with E-state index in [-0.39, 0.29) is 47.6 Å². The van der Waals surface area contributed by atoms with E-state index in [0.29, 0.717) is 6.29 Å². The Bertz CT molecular complexity index is 1140. The van der Waals surface area contributed by atoms with E-state index in [1.165, 1.54) is 25.2 Å². The fourth-order valence-electron chi connectivity index (χ4n) is 5.33. The maximum absolute atomic E-state index is 13.3. The first-order valence-corrected chi connectivity index (χ1v) is 13.5. The van der Waals surface area contributed by atoms with Gasteiger partial charge in [0.1, 0.15) is 12.4 Å². The third kappa shape index (κ3) is 8.77. The summed E-state index contributed by atoms with van der Waals surface area (Å²) in [6.45, 7) is 3.23. The standard InChI is InChI=1S/C29H40N2O10/c1-15-7-19(12-33)25(37)17(3)9-20(13-34)27(41-29(30)40)18(11-32)6-4-5-16(2)28(39)31-23-10-24(36)22(14-35)21(8-15)26(23)38/h4-6,10,13,15,17-20,25,27,32-33,35,37H,7-9,11-12,14H2,1-3H3,(H2,30,40)(H,31,39)/b6-4-,16-5+/t15-,17-,18+,19+,20?,25+,27+/m0/s1. The number of Topliss-reactive ketones (excluding diaryl/α,β-unsaturated/α-hetero) is 1. The summed E-state index contributed by atoms with van der Waals surface area (Å²) < 4.78 is 5.21. The van der Waals surface area contributed by atoms with Crippen LogP contribution >= 0.6 is 0 Å². The molecule has 12 heteroatoms. The topological polar surface area (TPSA) is 214 Å². The largest absolute Gasteiger partial charge is 0.445 e. The number of aldehydes is 1. The molecule has 2 amide bonds. The molecule has 12 nitrogen and oxygen atoms in total. The minimum atomic E-state index is -1.19. The summed E-state index contributed by atoms with van der Waals surface area (Å²) in [5.41, 5.74) is 5.08. The molecule has 0 spiro atoms. The number of ketones is 2. The first-order valence-electron chi connectivity index (χ1n) is 13.5. The van der Waals surface area contributed by atoms with Gasteiger partial charge in [-0.2, -0.15) is 0 Å². The van der Waals surface area contributed by atoms with Crippen molar-refractivity contribution in [3.05, 3.63) is 46.7 Å². The van der Waals surface area contributed by atoms with Crippen LogP contribution in [-0.4, -0.2) is 82.3 Å². The van der Waals surface area contributed by atoms with Crippen molar-refractivity contribution in [3.8, 4) is 0 Å². The van der Waals surface area contributed by atoms with Gasteiger partial charge < -0.3 is 41.0 Å². The Morgan fingerprint density at radius 2 is 1.83 bits per heavy atom. The van der Waals surface area contributed by atoms with Crippen LogP contribution in [-0.2, 0) is 23.9 Å². The maximum atomic E-state index is 13.3. The number of amides is 2. The van der Waals surface area contributed by atoms with Gasteiger partial charge in [-0.3, -0.25) is 14.4 Å². The smallest absolute Gasteiger partial charge is 0.404 e. The zero-order chi connectivity index (χ0) is 30.9. The van der Waals surface area contributed by atoms with Gasteiger partial charge in [0.25, 0.3) is 5.91 Å². The Balaban J connectivity index is 2.58. The van der Waals surface area contributed by atoms with Gasteiger partial charge >= 0.3 is 6.09 Å². The summed E-state index contributed by atoms with van der Waals surface area (Å²) in [5.74, 6) is -5.43. The first-order chi connectivity index (χ1) is 19.4. The molecule has 7 atom stereocenters. The Labute approximate surface area is 238 Å². The van der Waals surface area contributed by atoms with E-state index in [1.807, 2.05) is 0 Å². The van der Waals surface area contributed by atoms with Gasteiger partial charge in [0.15, 0.2) is 5.78 Å². The molecular formula is C29H40N2O10. The van der Waals surface area contributed by atoms with Gasteiger partial charge in [-0.15, -0.1) is 0 Å². The van der Waals surface area contributed by atoms with E-state index in [1.54, 1.807) is 13.8 Å². The monoisotopic (exact) mass is 576 g/mol. The predicted molar refractivity (Wildman–Crippen MR) is 147 cm³/mol. The molecule has 1 aliphatic carbocycles. The van der Waals surface area contributed by atoms with E-state index in [9.17, 15) is 44.4 Å². The molecule has 0 radical (unpaired) electrons. The Kier molecular flexibility index (Phi) is 12.8. The number of carbonyl (C=O) groups excluding carboxylic acids is 5. The van der Waals surface area contributed by atoms with Crippen molar-refractivity contribution < 1.29 is 49.1 Å². The third-order valence-corrected chi connectivity index (χ3v) is 7.61. The molecule has 0 aromatic heterocycles. The fraction of sp³-hybridized carbons (Fsp3) is 0.552. The van der Waals surface area contributed by atoms with Crippen LogP contribution in [0.2, 0.25) is 0 Å². The van der Waals surface area contributed by atoms with Crippen molar-refractivity contribution in [2.24, 2.45) is 35.3 Å². The minimum absolute atomic E-state index is 0.0239. The van der Waals surface area contributed by atoms with Crippen LogP contribution in [0.15, 0.2) is 46.7 Å². The lowest BCUT2D eigenvalue weighted by Gasteiger charge is -2.33. The van der Waals surface area contributed by atoms with Crippen LogP contribution in [0.25, 0.3) is 0 Å². The van der Waals surface area contributed by atoms with Crippen LogP contribution in [0.4, 0.5) is 4.79 Å². The third-order valence-electron chi connectivity index (χ3n) is 7.61. The Morgan fingerprint density at radius 3 is 2.39 bits per heavy atom. The molecule has 0 fully saturated rings. The lowest BCUT2D eigenvalue weighted by molar-refractivity contribution is -0.120. The summed E-state index contributed by atoms with van der Waals surface area (Å²) in [5, 5.41) is 43.5. The van der Waals surface area contributed by atoms with Gasteiger partial charge in [-0.05, 0) is 38.0 Å².